The molecule has 19 heavy (non-hydrogen) atoms. The van der Waals surface area contributed by atoms with Gasteiger partial charge in [0.1, 0.15) is 6.04 Å². The fourth-order valence-corrected chi connectivity index (χ4v) is 2.24. The van der Waals surface area contributed by atoms with Crippen LogP contribution < -0.4 is 5.32 Å². The molecule has 0 spiro atoms. The van der Waals surface area contributed by atoms with Crippen molar-refractivity contribution in [2.75, 3.05) is 13.1 Å². The van der Waals surface area contributed by atoms with Crippen LogP contribution in [0.3, 0.4) is 0 Å². The van der Waals surface area contributed by atoms with Crippen molar-refractivity contribution < 1.29 is 14.7 Å². The summed E-state index contributed by atoms with van der Waals surface area (Å²) in [5.41, 5.74) is 0. The Bertz CT molecular complexity index is 432. The average Bonchev–Trinajstić information content (AvgIpc) is 3.04. The van der Waals surface area contributed by atoms with E-state index < -0.39 is 12.0 Å². The second kappa shape index (κ2) is 6.21. The van der Waals surface area contributed by atoms with E-state index in [1.165, 1.54) is 4.90 Å². The summed E-state index contributed by atoms with van der Waals surface area (Å²) in [5, 5.41) is 11.8. The van der Waals surface area contributed by atoms with E-state index in [4.69, 9.17) is 5.11 Å². The van der Waals surface area contributed by atoms with Crippen LogP contribution in [0.2, 0.25) is 0 Å². The molecule has 1 aromatic heterocycles. The van der Waals surface area contributed by atoms with Crippen molar-refractivity contribution in [1.29, 1.82) is 0 Å². The van der Waals surface area contributed by atoms with E-state index >= 15 is 0 Å². The van der Waals surface area contributed by atoms with Gasteiger partial charge in [-0.3, -0.25) is 0 Å². The molecule has 2 amide bonds. The van der Waals surface area contributed by atoms with Gasteiger partial charge in [0.25, 0.3) is 0 Å². The van der Waals surface area contributed by atoms with Gasteiger partial charge in [-0.15, -0.1) is 0 Å². The van der Waals surface area contributed by atoms with Gasteiger partial charge in [0.05, 0.1) is 6.33 Å². The van der Waals surface area contributed by atoms with Gasteiger partial charge in [0.15, 0.2) is 0 Å². The fraction of sp³-hybridized carbons (Fsp3) is 0.583. The van der Waals surface area contributed by atoms with Crippen LogP contribution in [-0.4, -0.2) is 50.7 Å². The van der Waals surface area contributed by atoms with Crippen LogP contribution in [-0.2, 0) is 11.3 Å². The van der Waals surface area contributed by atoms with E-state index in [-0.39, 0.29) is 6.03 Å². The number of rotatable bonds is 5. The van der Waals surface area contributed by atoms with Crippen molar-refractivity contribution in [3.63, 3.8) is 0 Å². The highest BCUT2D eigenvalue weighted by molar-refractivity contribution is 5.83. The molecule has 0 saturated carbocycles. The minimum Gasteiger partial charge on any atom is -0.480 e. The number of aryl methyl sites for hydroxylation is 1. The summed E-state index contributed by atoms with van der Waals surface area (Å²) in [7, 11) is 0. The van der Waals surface area contributed by atoms with Gasteiger partial charge in [-0.2, -0.15) is 0 Å². The van der Waals surface area contributed by atoms with Gasteiger partial charge in [-0.25, -0.2) is 14.6 Å². The molecule has 1 unspecified atom stereocenters. The Labute approximate surface area is 111 Å². The summed E-state index contributed by atoms with van der Waals surface area (Å²) < 4.78 is 1.93. The monoisotopic (exact) mass is 266 g/mol. The van der Waals surface area contributed by atoms with Gasteiger partial charge < -0.3 is 19.9 Å². The average molecular weight is 266 g/mol. The first-order chi connectivity index (χ1) is 9.18. The van der Waals surface area contributed by atoms with Crippen LogP contribution in [0.4, 0.5) is 4.79 Å². The van der Waals surface area contributed by atoms with E-state index in [2.05, 4.69) is 10.3 Å². The van der Waals surface area contributed by atoms with E-state index in [9.17, 15) is 9.59 Å². The van der Waals surface area contributed by atoms with Crippen molar-refractivity contribution in [2.24, 2.45) is 0 Å². The van der Waals surface area contributed by atoms with E-state index in [0.717, 1.165) is 19.4 Å². The molecule has 1 aromatic rings. The summed E-state index contributed by atoms with van der Waals surface area (Å²) in [6, 6.07) is -0.954. The number of carboxylic acids is 1. The SMILES string of the molecule is O=C(O)C1CCCN1C(=O)NCCCn1ccnc1. The number of nitrogens with zero attached hydrogens (tertiary/aromatic N) is 3. The maximum atomic E-state index is 11.9. The number of likely N-dealkylation sites (tertiary alicyclic amines) is 1. The Kier molecular flexibility index (Phi) is 4.38. The number of aromatic nitrogens is 2. The second-order valence-corrected chi connectivity index (χ2v) is 4.58. The van der Waals surface area contributed by atoms with Gasteiger partial charge in [0, 0.05) is 32.0 Å². The molecule has 7 heteroatoms. The zero-order chi connectivity index (χ0) is 13.7. The Morgan fingerprint density at radius 1 is 1.47 bits per heavy atom. The lowest BCUT2D eigenvalue weighted by Gasteiger charge is -2.21. The number of aliphatic carboxylic acids is 1. The lowest BCUT2D eigenvalue weighted by molar-refractivity contribution is -0.141. The lowest BCUT2D eigenvalue weighted by Crippen LogP contribution is -2.46. The van der Waals surface area contributed by atoms with E-state index in [1.54, 1.807) is 12.5 Å². The Balaban J connectivity index is 1.70. The van der Waals surface area contributed by atoms with Crippen LogP contribution in [0.5, 0.6) is 0 Å². The van der Waals surface area contributed by atoms with Crippen molar-refractivity contribution in [3.8, 4) is 0 Å². The number of hydrogen-bond acceptors (Lipinski definition) is 3. The molecule has 2 rings (SSSR count). The molecule has 1 aliphatic heterocycles. The number of carbonyl (C=O) groups excluding carboxylic acids is 1. The molecule has 1 atom stereocenters. The Morgan fingerprint density at radius 3 is 3.00 bits per heavy atom. The minimum atomic E-state index is -0.925. The molecule has 2 N–H and O–H groups in total. The molecule has 0 radical (unpaired) electrons. The highest BCUT2D eigenvalue weighted by Gasteiger charge is 2.33. The number of nitrogens with one attached hydrogen (secondary N) is 1. The smallest absolute Gasteiger partial charge is 0.326 e. The third kappa shape index (κ3) is 3.46. The third-order valence-corrected chi connectivity index (χ3v) is 3.23. The molecule has 0 aromatic carbocycles. The second-order valence-electron chi connectivity index (χ2n) is 4.58. The first-order valence-corrected chi connectivity index (χ1v) is 6.41. The third-order valence-electron chi connectivity index (χ3n) is 3.23. The molecule has 1 aliphatic rings. The van der Waals surface area contributed by atoms with Crippen LogP contribution in [0, 0.1) is 0 Å². The standard InChI is InChI=1S/C12H18N4O3/c17-11(18)10-3-1-7-16(10)12(19)14-4-2-6-15-8-5-13-9-15/h5,8-10H,1-4,6-7H2,(H,14,19)(H,17,18). The van der Waals surface area contributed by atoms with Gasteiger partial charge in [-0.05, 0) is 19.3 Å². The van der Waals surface area contributed by atoms with Crippen molar-refractivity contribution in [3.05, 3.63) is 18.7 Å². The number of urea groups is 1. The molecule has 104 valence electrons. The maximum Gasteiger partial charge on any atom is 0.326 e. The fourth-order valence-electron chi connectivity index (χ4n) is 2.24. The zero-order valence-electron chi connectivity index (χ0n) is 10.7. The Morgan fingerprint density at radius 2 is 2.32 bits per heavy atom. The number of carbonyl (C=O) groups is 2. The summed E-state index contributed by atoms with van der Waals surface area (Å²) in [6.07, 6.45) is 7.37. The predicted molar refractivity (Wildman–Crippen MR) is 67.6 cm³/mol. The summed E-state index contributed by atoms with van der Waals surface area (Å²) in [5.74, 6) is -0.925. The molecule has 0 bridgehead atoms. The largest absolute Gasteiger partial charge is 0.480 e. The number of hydrogen-bond donors (Lipinski definition) is 2. The molecule has 2 heterocycles. The molecular weight excluding hydrogens is 248 g/mol. The van der Waals surface area contributed by atoms with Crippen LogP contribution in [0.1, 0.15) is 19.3 Å². The first-order valence-electron chi connectivity index (χ1n) is 6.41. The molecule has 0 aliphatic carbocycles. The number of carboxylic acid groups (broad SMARTS) is 1. The van der Waals surface area contributed by atoms with Gasteiger partial charge in [0.2, 0.25) is 0 Å². The lowest BCUT2D eigenvalue weighted by atomic mass is 10.2. The Hall–Kier alpha value is -2.05. The number of imidazole rings is 1. The van der Waals surface area contributed by atoms with Crippen molar-refractivity contribution >= 4 is 12.0 Å². The van der Waals surface area contributed by atoms with Crippen molar-refractivity contribution in [2.45, 2.75) is 31.8 Å². The van der Waals surface area contributed by atoms with Crippen LogP contribution >= 0.6 is 0 Å². The van der Waals surface area contributed by atoms with E-state index in [0.29, 0.717) is 19.5 Å². The highest BCUT2D eigenvalue weighted by Crippen LogP contribution is 2.17. The quantitative estimate of drug-likeness (QED) is 0.761. The first kappa shape index (κ1) is 13.4. The van der Waals surface area contributed by atoms with Gasteiger partial charge >= 0.3 is 12.0 Å². The van der Waals surface area contributed by atoms with Gasteiger partial charge in [-0.1, -0.05) is 0 Å². The minimum absolute atomic E-state index is 0.282. The number of amides is 2. The summed E-state index contributed by atoms with van der Waals surface area (Å²) in [6.45, 7) is 1.83. The van der Waals surface area contributed by atoms with E-state index in [1.807, 2.05) is 10.8 Å². The van der Waals surface area contributed by atoms with Crippen molar-refractivity contribution in [1.82, 2.24) is 19.8 Å². The highest BCUT2D eigenvalue weighted by atomic mass is 16.4. The normalized spacial score (nSPS) is 18.5. The van der Waals surface area contributed by atoms with Crippen LogP contribution in [0.15, 0.2) is 18.7 Å². The van der Waals surface area contributed by atoms with Crippen LogP contribution in [0.25, 0.3) is 0 Å². The summed E-state index contributed by atoms with van der Waals surface area (Å²) in [4.78, 5) is 28.2. The molecular formula is C12H18N4O3. The maximum absolute atomic E-state index is 11.9. The summed E-state index contributed by atoms with van der Waals surface area (Å²) >= 11 is 0. The zero-order valence-corrected chi connectivity index (χ0v) is 10.7. The molecule has 7 nitrogen and oxygen atoms in total. The molecule has 1 fully saturated rings. The topological polar surface area (TPSA) is 87.5 Å². The molecule has 1 saturated heterocycles. The predicted octanol–water partition coefficient (Wildman–Crippen LogP) is 0.532.